The van der Waals surface area contributed by atoms with Gasteiger partial charge < -0.3 is 15.5 Å². The van der Waals surface area contributed by atoms with Gasteiger partial charge in [0.2, 0.25) is 0 Å². The molecule has 0 saturated heterocycles. The molecule has 2 unspecified atom stereocenters. The topological polar surface area (TPSA) is 111 Å². The van der Waals surface area contributed by atoms with Gasteiger partial charge in [-0.2, -0.15) is 0 Å². The quantitative estimate of drug-likeness (QED) is 0.223. The smallest absolute Gasteiger partial charge is 0.275 e. The van der Waals surface area contributed by atoms with Crippen molar-refractivity contribution in [3.05, 3.63) is 70.8 Å². The Morgan fingerprint density at radius 2 is 1.52 bits per heavy atom. The first-order valence-corrected chi connectivity index (χ1v) is 10.7. The van der Waals surface area contributed by atoms with Gasteiger partial charge in [-0.3, -0.25) is 19.6 Å². The third-order valence-corrected chi connectivity index (χ3v) is 5.52. The predicted octanol–water partition coefficient (Wildman–Crippen LogP) is 1.59. The molecule has 0 radical (unpaired) electrons. The van der Waals surface area contributed by atoms with Gasteiger partial charge in [-0.1, -0.05) is 24.0 Å². The molecule has 0 heterocycles. The molecule has 2 atom stereocenters. The highest BCUT2D eigenvalue weighted by molar-refractivity contribution is 6.08. The van der Waals surface area contributed by atoms with Crippen LogP contribution in [-0.4, -0.2) is 54.0 Å². The molecule has 8 nitrogen and oxygen atoms in total. The van der Waals surface area contributed by atoms with Crippen molar-refractivity contribution in [2.24, 2.45) is 0 Å². The summed E-state index contributed by atoms with van der Waals surface area (Å²) in [5, 5.41) is 14.8. The number of likely N-dealkylation sites (N-methyl/N-ethyl adjacent to an activating group) is 2. The molecule has 1 aliphatic carbocycles. The van der Waals surface area contributed by atoms with Crippen LogP contribution in [0, 0.1) is 11.8 Å². The molecule has 3 rings (SSSR count). The summed E-state index contributed by atoms with van der Waals surface area (Å²) >= 11 is 0. The van der Waals surface area contributed by atoms with Gasteiger partial charge in [0, 0.05) is 42.9 Å². The zero-order valence-electron chi connectivity index (χ0n) is 18.9. The number of rotatable bonds is 7. The molecule has 2 aromatic rings. The molecule has 8 heteroatoms. The van der Waals surface area contributed by atoms with Gasteiger partial charge in [-0.25, -0.2) is 5.48 Å². The minimum absolute atomic E-state index is 0.282. The molecule has 0 spiro atoms. The number of hydrogen-bond donors (Lipinski definition) is 4. The highest BCUT2D eigenvalue weighted by Gasteiger charge is 2.33. The first-order chi connectivity index (χ1) is 15.8. The molecule has 0 bridgehead atoms. The minimum atomic E-state index is -1.50. The maximum absolute atomic E-state index is 12.7. The standard InChI is InChI=1S/C25H28N4O4/c1-16(27-21-14-15-21)19-10-6-17(7-11-19)4-5-18-8-12-20(13-9-18)25(32)29(3)22(23(30)26-2)24(31)28-33/h6-13,16,21-22,27,33H,14-15H2,1-3H3,(H,26,30)(H,28,31). The molecule has 1 fully saturated rings. The Bertz CT molecular complexity index is 1050. The number of nitrogens with zero attached hydrogens (tertiary/aromatic N) is 1. The fraction of sp³-hybridized carbons (Fsp3) is 0.320. The van der Waals surface area contributed by atoms with E-state index in [1.165, 1.54) is 38.0 Å². The van der Waals surface area contributed by atoms with E-state index in [0.29, 0.717) is 12.1 Å². The number of carbonyl (C=O) groups excluding carboxylic acids is 3. The molecule has 2 aromatic carbocycles. The highest BCUT2D eigenvalue weighted by atomic mass is 16.5. The summed E-state index contributed by atoms with van der Waals surface area (Å²) in [5.74, 6) is 3.92. The second-order valence-corrected chi connectivity index (χ2v) is 8.02. The SMILES string of the molecule is CNC(=O)C(C(=O)NO)N(C)C(=O)c1ccc(C#Cc2ccc(C(C)NC3CC3)cc2)cc1. The van der Waals surface area contributed by atoms with Crippen LogP contribution in [0.4, 0.5) is 0 Å². The van der Waals surface area contributed by atoms with Crippen LogP contribution in [-0.2, 0) is 9.59 Å². The lowest BCUT2D eigenvalue weighted by Crippen LogP contribution is -2.54. The molecular weight excluding hydrogens is 420 g/mol. The summed E-state index contributed by atoms with van der Waals surface area (Å²) in [6, 6.07) is 14.2. The van der Waals surface area contributed by atoms with E-state index in [9.17, 15) is 14.4 Å². The van der Waals surface area contributed by atoms with Crippen molar-refractivity contribution in [1.82, 2.24) is 21.0 Å². The Morgan fingerprint density at radius 3 is 2.00 bits per heavy atom. The largest absolute Gasteiger partial charge is 0.357 e. The molecule has 0 aromatic heterocycles. The molecule has 172 valence electrons. The molecule has 1 saturated carbocycles. The van der Waals surface area contributed by atoms with Gasteiger partial charge in [0.15, 0.2) is 6.04 Å². The van der Waals surface area contributed by atoms with Gasteiger partial charge in [0.25, 0.3) is 17.7 Å². The summed E-state index contributed by atoms with van der Waals surface area (Å²) in [7, 11) is 2.65. The van der Waals surface area contributed by atoms with E-state index >= 15 is 0 Å². The maximum Gasteiger partial charge on any atom is 0.275 e. The van der Waals surface area contributed by atoms with E-state index in [1.54, 1.807) is 24.3 Å². The van der Waals surface area contributed by atoms with Gasteiger partial charge >= 0.3 is 0 Å². The van der Waals surface area contributed by atoms with E-state index < -0.39 is 23.8 Å². The summed E-state index contributed by atoms with van der Waals surface area (Å²) in [6.07, 6.45) is 2.50. The summed E-state index contributed by atoms with van der Waals surface area (Å²) in [5.41, 5.74) is 4.53. The van der Waals surface area contributed by atoms with Crippen LogP contribution in [0.1, 0.15) is 52.9 Å². The van der Waals surface area contributed by atoms with Gasteiger partial charge in [0.05, 0.1) is 0 Å². The van der Waals surface area contributed by atoms with Crippen molar-refractivity contribution in [3.8, 4) is 11.8 Å². The van der Waals surface area contributed by atoms with Crippen LogP contribution in [0.3, 0.4) is 0 Å². The Hall–Kier alpha value is -3.67. The van der Waals surface area contributed by atoms with E-state index in [4.69, 9.17) is 5.21 Å². The lowest BCUT2D eigenvalue weighted by Gasteiger charge is -2.25. The fourth-order valence-electron chi connectivity index (χ4n) is 3.38. The van der Waals surface area contributed by atoms with Gasteiger partial charge in [-0.05, 0) is 61.7 Å². The molecule has 1 aliphatic rings. The summed E-state index contributed by atoms with van der Waals surface area (Å²) in [6.45, 7) is 2.16. The van der Waals surface area contributed by atoms with E-state index in [-0.39, 0.29) is 5.56 Å². The van der Waals surface area contributed by atoms with Crippen molar-refractivity contribution in [3.63, 3.8) is 0 Å². The van der Waals surface area contributed by atoms with Crippen molar-refractivity contribution >= 4 is 17.7 Å². The van der Waals surface area contributed by atoms with Crippen molar-refractivity contribution in [2.45, 2.75) is 37.9 Å². The van der Waals surface area contributed by atoms with Crippen molar-refractivity contribution in [1.29, 1.82) is 0 Å². The number of hydroxylamine groups is 1. The molecule has 0 aliphatic heterocycles. The molecule has 3 amide bonds. The van der Waals surface area contributed by atoms with E-state index in [0.717, 1.165) is 16.0 Å². The van der Waals surface area contributed by atoms with Crippen molar-refractivity contribution < 1.29 is 19.6 Å². The third kappa shape index (κ3) is 6.19. The Morgan fingerprint density at radius 1 is 0.970 bits per heavy atom. The Kier molecular flexibility index (Phi) is 7.83. The van der Waals surface area contributed by atoms with Crippen LogP contribution in [0.15, 0.2) is 48.5 Å². The number of benzene rings is 2. The fourth-order valence-corrected chi connectivity index (χ4v) is 3.38. The third-order valence-electron chi connectivity index (χ3n) is 5.52. The molecule has 33 heavy (non-hydrogen) atoms. The zero-order chi connectivity index (χ0) is 24.0. The van der Waals surface area contributed by atoms with Crippen LogP contribution in [0.5, 0.6) is 0 Å². The zero-order valence-corrected chi connectivity index (χ0v) is 18.9. The number of amides is 3. The van der Waals surface area contributed by atoms with E-state index in [2.05, 4.69) is 41.5 Å². The van der Waals surface area contributed by atoms with Crippen LogP contribution in [0.2, 0.25) is 0 Å². The number of hydrogen-bond acceptors (Lipinski definition) is 5. The summed E-state index contributed by atoms with van der Waals surface area (Å²) in [4.78, 5) is 37.5. The average Bonchev–Trinajstić information content (AvgIpc) is 3.66. The lowest BCUT2D eigenvalue weighted by atomic mass is 10.1. The first-order valence-electron chi connectivity index (χ1n) is 10.7. The number of carbonyl (C=O) groups is 3. The normalized spacial score (nSPS) is 14.3. The van der Waals surface area contributed by atoms with Crippen molar-refractivity contribution in [2.75, 3.05) is 14.1 Å². The average molecular weight is 449 g/mol. The minimum Gasteiger partial charge on any atom is -0.357 e. The second kappa shape index (κ2) is 10.8. The second-order valence-electron chi connectivity index (χ2n) is 8.02. The highest BCUT2D eigenvalue weighted by Crippen LogP contribution is 2.24. The lowest BCUT2D eigenvalue weighted by molar-refractivity contribution is -0.140. The predicted molar refractivity (Wildman–Crippen MR) is 123 cm³/mol. The maximum atomic E-state index is 12.7. The van der Waals surface area contributed by atoms with E-state index in [1.807, 2.05) is 12.1 Å². The van der Waals surface area contributed by atoms with Crippen LogP contribution in [0.25, 0.3) is 0 Å². The monoisotopic (exact) mass is 448 g/mol. The molecule has 4 N–H and O–H groups in total. The van der Waals surface area contributed by atoms with Crippen LogP contribution < -0.4 is 16.1 Å². The summed E-state index contributed by atoms with van der Waals surface area (Å²) < 4.78 is 0. The number of nitrogens with one attached hydrogen (secondary N) is 3. The Balaban J connectivity index is 1.66. The van der Waals surface area contributed by atoms with Gasteiger partial charge in [0.1, 0.15) is 0 Å². The van der Waals surface area contributed by atoms with Gasteiger partial charge in [-0.15, -0.1) is 0 Å². The van der Waals surface area contributed by atoms with Crippen LogP contribution >= 0.6 is 0 Å². The Labute approximate surface area is 193 Å². The first kappa shape index (κ1) is 24.0. The molecular formula is C25H28N4O4.